The number of amides is 1. The first kappa shape index (κ1) is 16.1. The number of hydrogen-bond donors (Lipinski definition) is 1. The van der Waals surface area contributed by atoms with Crippen molar-refractivity contribution in [1.82, 2.24) is 5.32 Å². The molecule has 0 saturated carbocycles. The van der Waals surface area contributed by atoms with Gasteiger partial charge in [-0.15, -0.1) is 0 Å². The molecule has 0 aliphatic heterocycles. The molecule has 0 saturated heterocycles. The highest BCUT2D eigenvalue weighted by Crippen LogP contribution is 2.14. The Kier molecular flexibility index (Phi) is 5.21. The molecule has 0 spiro atoms. The predicted molar refractivity (Wildman–Crippen MR) is 89.3 cm³/mol. The van der Waals surface area contributed by atoms with Gasteiger partial charge in [-0.3, -0.25) is 4.79 Å². The summed E-state index contributed by atoms with van der Waals surface area (Å²) >= 11 is 0. The van der Waals surface area contributed by atoms with Gasteiger partial charge in [-0.05, 0) is 57.0 Å². The van der Waals surface area contributed by atoms with Crippen molar-refractivity contribution < 1.29 is 9.53 Å². The van der Waals surface area contributed by atoms with E-state index < -0.39 is 0 Å². The molecule has 0 heterocycles. The van der Waals surface area contributed by atoms with E-state index in [1.165, 1.54) is 0 Å². The topological polar surface area (TPSA) is 38.3 Å². The van der Waals surface area contributed by atoms with Gasteiger partial charge in [0.05, 0.1) is 6.10 Å². The Labute approximate surface area is 132 Å². The van der Waals surface area contributed by atoms with Crippen LogP contribution in [-0.4, -0.2) is 12.0 Å². The smallest absolute Gasteiger partial charge is 0.251 e. The molecule has 0 aromatic heterocycles. The molecule has 116 valence electrons. The summed E-state index contributed by atoms with van der Waals surface area (Å²) in [5, 5.41) is 2.96. The van der Waals surface area contributed by atoms with Crippen molar-refractivity contribution in [3.63, 3.8) is 0 Å². The number of hydrogen-bond acceptors (Lipinski definition) is 2. The minimum Gasteiger partial charge on any atom is -0.491 e. The molecule has 2 aromatic carbocycles. The van der Waals surface area contributed by atoms with Crippen molar-refractivity contribution in [3.05, 3.63) is 64.7 Å². The summed E-state index contributed by atoms with van der Waals surface area (Å²) in [6, 6.07) is 13.7. The summed E-state index contributed by atoms with van der Waals surface area (Å²) in [6.45, 7) is 8.45. The number of ether oxygens (including phenoxy) is 1. The van der Waals surface area contributed by atoms with Crippen molar-refractivity contribution in [3.8, 4) is 5.75 Å². The molecule has 0 unspecified atom stereocenters. The van der Waals surface area contributed by atoms with Crippen LogP contribution in [0.1, 0.15) is 40.9 Å². The van der Waals surface area contributed by atoms with Crippen LogP contribution >= 0.6 is 0 Å². The van der Waals surface area contributed by atoms with E-state index >= 15 is 0 Å². The molecule has 2 aromatic rings. The largest absolute Gasteiger partial charge is 0.491 e. The van der Waals surface area contributed by atoms with Crippen LogP contribution in [0.25, 0.3) is 0 Å². The molecular formula is C19H23NO2. The Morgan fingerprint density at radius 2 is 1.77 bits per heavy atom. The van der Waals surface area contributed by atoms with Gasteiger partial charge in [0, 0.05) is 12.1 Å². The monoisotopic (exact) mass is 297 g/mol. The van der Waals surface area contributed by atoms with Gasteiger partial charge in [-0.2, -0.15) is 0 Å². The first-order valence-electron chi connectivity index (χ1n) is 7.57. The van der Waals surface area contributed by atoms with Crippen molar-refractivity contribution in [2.75, 3.05) is 0 Å². The van der Waals surface area contributed by atoms with E-state index in [2.05, 4.69) is 5.32 Å². The average molecular weight is 297 g/mol. The quantitative estimate of drug-likeness (QED) is 0.905. The van der Waals surface area contributed by atoms with Gasteiger partial charge < -0.3 is 10.1 Å². The zero-order valence-electron chi connectivity index (χ0n) is 13.6. The number of carbonyl (C=O) groups is 1. The number of nitrogens with one attached hydrogen (secondary N) is 1. The Bertz CT molecular complexity index is 645. The van der Waals surface area contributed by atoms with Crippen molar-refractivity contribution in [2.24, 2.45) is 0 Å². The normalized spacial score (nSPS) is 10.6. The summed E-state index contributed by atoms with van der Waals surface area (Å²) in [4.78, 5) is 12.3. The molecule has 0 fully saturated rings. The first-order valence-corrected chi connectivity index (χ1v) is 7.57. The highest BCUT2D eigenvalue weighted by molar-refractivity contribution is 5.95. The summed E-state index contributed by atoms with van der Waals surface area (Å²) < 4.78 is 5.61. The SMILES string of the molecule is Cc1ccc(C)c(C(=O)NCc2ccc(OC(C)C)cc2)c1. The van der Waals surface area contributed by atoms with Crippen LogP contribution in [0.2, 0.25) is 0 Å². The van der Waals surface area contributed by atoms with Crippen LogP contribution < -0.4 is 10.1 Å². The van der Waals surface area contributed by atoms with Crippen LogP contribution in [0.15, 0.2) is 42.5 Å². The summed E-state index contributed by atoms with van der Waals surface area (Å²) in [7, 11) is 0. The van der Waals surface area contributed by atoms with Gasteiger partial charge in [0.15, 0.2) is 0 Å². The lowest BCUT2D eigenvalue weighted by molar-refractivity contribution is 0.0950. The number of carbonyl (C=O) groups excluding carboxylic acids is 1. The average Bonchev–Trinajstić information content (AvgIpc) is 2.48. The van der Waals surface area contributed by atoms with Crippen LogP contribution in [-0.2, 0) is 6.54 Å². The van der Waals surface area contributed by atoms with E-state index in [4.69, 9.17) is 4.74 Å². The van der Waals surface area contributed by atoms with Gasteiger partial charge in [0.25, 0.3) is 5.91 Å². The number of benzene rings is 2. The zero-order chi connectivity index (χ0) is 16.1. The molecule has 1 amide bonds. The van der Waals surface area contributed by atoms with Gasteiger partial charge in [-0.1, -0.05) is 29.8 Å². The fourth-order valence-corrected chi connectivity index (χ4v) is 2.22. The van der Waals surface area contributed by atoms with E-state index in [1.54, 1.807) is 0 Å². The summed E-state index contributed by atoms with van der Waals surface area (Å²) in [5.74, 6) is 0.809. The molecule has 0 aliphatic rings. The van der Waals surface area contributed by atoms with Gasteiger partial charge in [-0.25, -0.2) is 0 Å². The molecule has 2 rings (SSSR count). The van der Waals surface area contributed by atoms with Crippen LogP contribution in [0.4, 0.5) is 0 Å². The zero-order valence-corrected chi connectivity index (χ0v) is 13.6. The first-order chi connectivity index (χ1) is 10.5. The molecule has 0 atom stereocenters. The molecular weight excluding hydrogens is 274 g/mol. The minimum absolute atomic E-state index is 0.0382. The Hall–Kier alpha value is -2.29. The second-order valence-electron chi connectivity index (χ2n) is 5.81. The Morgan fingerprint density at radius 3 is 2.41 bits per heavy atom. The summed E-state index contributed by atoms with van der Waals surface area (Å²) in [6.07, 6.45) is 0.162. The number of rotatable bonds is 5. The fraction of sp³-hybridized carbons (Fsp3) is 0.316. The second-order valence-corrected chi connectivity index (χ2v) is 5.81. The third kappa shape index (κ3) is 4.35. The molecule has 3 nitrogen and oxygen atoms in total. The maximum absolute atomic E-state index is 12.3. The van der Waals surface area contributed by atoms with E-state index in [-0.39, 0.29) is 12.0 Å². The van der Waals surface area contributed by atoms with E-state index in [0.29, 0.717) is 6.54 Å². The van der Waals surface area contributed by atoms with Gasteiger partial charge in [0.1, 0.15) is 5.75 Å². The molecule has 0 aliphatic carbocycles. The molecule has 1 N–H and O–H groups in total. The number of aryl methyl sites for hydroxylation is 2. The van der Waals surface area contributed by atoms with Crippen LogP contribution in [0.5, 0.6) is 5.75 Å². The lowest BCUT2D eigenvalue weighted by Crippen LogP contribution is -2.23. The summed E-state index contributed by atoms with van der Waals surface area (Å²) in [5.41, 5.74) is 3.87. The van der Waals surface area contributed by atoms with Gasteiger partial charge >= 0.3 is 0 Å². The molecule has 0 radical (unpaired) electrons. The maximum Gasteiger partial charge on any atom is 0.251 e. The highest BCUT2D eigenvalue weighted by Gasteiger charge is 2.08. The Balaban J connectivity index is 1.97. The van der Waals surface area contributed by atoms with E-state index in [0.717, 1.165) is 28.0 Å². The standard InChI is InChI=1S/C19H23NO2/c1-13(2)22-17-9-7-16(8-10-17)12-20-19(21)18-11-14(3)5-6-15(18)4/h5-11,13H,12H2,1-4H3,(H,20,21). The van der Waals surface area contributed by atoms with Crippen LogP contribution in [0, 0.1) is 13.8 Å². The Morgan fingerprint density at radius 1 is 1.09 bits per heavy atom. The second kappa shape index (κ2) is 7.12. The van der Waals surface area contributed by atoms with Crippen molar-refractivity contribution >= 4 is 5.91 Å². The van der Waals surface area contributed by atoms with E-state index in [9.17, 15) is 4.79 Å². The van der Waals surface area contributed by atoms with Gasteiger partial charge in [0.2, 0.25) is 0 Å². The predicted octanol–water partition coefficient (Wildman–Crippen LogP) is 4.02. The molecule has 3 heteroatoms. The minimum atomic E-state index is -0.0382. The third-order valence-electron chi connectivity index (χ3n) is 3.39. The fourth-order valence-electron chi connectivity index (χ4n) is 2.22. The lowest BCUT2D eigenvalue weighted by atomic mass is 10.0. The van der Waals surface area contributed by atoms with Crippen molar-refractivity contribution in [1.29, 1.82) is 0 Å². The van der Waals surface area contributed by atoms with Crippen LogP contribution in [0.3, 0.4) is 0 Å². The highest BCUT2D eigenvalue weighted by atomic mass is 16.5. The van der Waals surface area contributed by atoms with E-state index in [1.807, 2.05) is 70.2 Å². The van der Waals surface area contributed by atoms with Crippen molar-refractivity contribution in [2.45, 2.75) is 40.3 Å². The molecule has 22 heavy (non-hydrogen) atoms. The molecule has 0 bridgehead atoms. The maximum atomic E-state index is 12.3. The lowest BCUT2D eigenvalue weighted by Gasteiger charge is -2.11. The third-order valence-corrected chi connectivity index (χ3v) is 3.39.